The van der Waals surface area contributed by atoms with Gasteiger partial charge >= 0.3 is 5.97 Å². The van der Waals surface area contributed by atoms with Crippen LogP contribution in [-0.4, -0.2) is 30.2 Å². The number of pyridine rings is 1. The highest BCUT2D eigenvalue weighted by molar-refractivity contribution is 5.89. The number of carbonyl (C=O) groups is 1. The summed E-state index contributed by atoms with van der Waals surface area (Å²) < 4.78 is 0. The number of anilines is 1. The minimum absolute atomic E-state index is 0.00389. The third kappa shape index (κ3) is 2.11. The van der Waals surface area contributed by atoms with Gasteiger partial charge in [0.1, 0.15) is 0 Å². The normalized spacial score (nSPS) is 9.62. The Kier molecular flexibility index (Phi) is 3.45. The molecule has 16 heavy (non-hydrogen) atoms. The van der Waals surface area contributed by atoms with Crippen LogP contribution in [0.15, 0.2) is 19.2 Å². The van der Waals surface area contributed by atoms with Crippen LogP contribution < -0.4 is 4.90 Å². The highest BCUT2D eigenvalue weighted by Crippen LogP contribution is 2.24. The van der Waals surface area contributed by atoms with Crippen molar-refractivity contribution in [1.29, 1.82) is 0 Å². The summed E-state index contributed by atoms with van der Waals surface area (Å²) in [5, 5.41) is 8.93. The maximum Gasteiger partial charge on any atom is 0.354 e. The molecule has 4 nitrogen and oxygen atoms in total. The lowest BCUT2D eigenvalue weighted by Crippen LogP contribution is -2.14. The summed E-state index contributed by atoms with van der Waals surface area (Å²) in [5.74, 6) is -1.05. The molecule has 0 saturated carbocycles. The lowest BCUT2D eigenvalue weighted by molar-refractivity contribution is 0.0690. The Morgan fingerprint density at radius 1 is 1.44 bits per heavy atom. The van der Waals surface area contributed by atoms with Gasteiger partial charge < -0.3 is 10.0 Å². The number of aromatic carboxylic acids is 1. The number of hydrogen-bond acceptors (Lipinski definition) is 3. The largest absolute Gasteiger partial charge is 0.477 e. The van der Waals surface area contributed by atoms with Gasteiger partial charge in [0.2, 0.25) is 0 Å². The van der Waals surface area contributed by atoms with Crippen molar-refractivity contribution in [3.05, 3.63) is 36.2 Å². The predicted molar refractivity (Wildman–Crippen MR) is 65.7 cm³/mol. The number of rotatable bonds is 4. The van der Waals surface area contributed by atoms with Crippen LogP contribution in [0.3, 0.4) is 0 Å². The fourth-order valence-electron chi connectivity index (χ4n) is 1.41. The monoisotopic (exact) mass is 218 g/mol. The lowest BCUT2D eigenvalue weighted by atomic mass is 10.1. The predicted octanol–water partition coefficient (Wildman–Crippen LogP) is 2.13. The maximum absolute atomic E-state index is 10.9. The van der Waals surface area contributed by atoms with Gasteiger partial charge in [-0.1, -0.05) is 19.2 Å². The van der Waals surface area contributed by atoms with E-state index in [-0.39, 0.29) is 5.69 Å². The summed E-state index contributed by atoms with van der Waals surface area (Å²) in [6, 6.07) is 1.52. The summed E-state index contributed by atoms with van der Waals surface area (Å²) in [4.78, 5) is 16.7. The minimum Gasteiger partial charge on any atom is -0.477 e. The second kappa shape index (κ2) is 4.61. The van der Waals surface area contributed by atoms with Gasteiger partial charge in [-0.3, -0.25) is 0 Å². The fraction of sp³-hybridized carbons (Fsp3) is 0.167. The average Bonchev–Trinajstić information content (AvgIpc) is 2.26. The summed E-state index contributed by atoms with van der Waals surface area (Å²) in [6.45, 7) is 7.31. The number of nitrogens with zero attached hydrogens (tertiary/aromatic N) is 2. The molecule has 4 heteroatoms. The first-order chi connectivity index (χ1) is 7.51. The van der Waals surface area contributed by atoms with Crippen LogP contribution in [0.1, 0.15) is 21.7 Å². The van der Waals surface area contributed by atoms with Gasteiger partial charge in [0.25, 0.3) is 0 Å². The van der Waals surface area contributed by atoms with Crippen molar-refractivity contribution in [2.24, 2.45) is 0 Å². The standard InChI is InChI=1S/C12H14N2O2/c1-5-8-9(6-2)13-10(12(15)16)7-11(8)14(3)4/h5-7H,1-2H2,3-4H3,(H,15,16). The third-order valence-corrected chi connectivity index (χ3v) is 2.16. The molecule has 0 aliphatic heterocycles. The van der Waals surface area contributed by atoms with Crippen molar-refractivity contribution in [2.75, 3.05) is 19.0 Å². The van der Waals surface area contributed by atoms with Crippen molar-refractivity contribution >= 4 is 23.8 Å². The average molecular weight is 218 g/mol. The zero-order valence-corrected chi connectivity index (χ0v) is 9.40. The molecule has 1 rings (SSSR count). The first kappa shape index (κ1) is 12.0. The molecule has 0 unspecified atom stereocenters. The summed E-state index contributed by atoms with van der Waals surface area (Å²) in [7, 11) is 3.67. The molecular weight excluding hydrogens is 204 g/mol. The topological polar surface area (TPSA) is 53.4 Å². The molecule has 0 aromatic carbocycles. The Bertz CT molecular complexity index is 451. The molecule has 0 fully saturated rings. The van der Waals surface area contributed by atoms with Crippen LogP contribution in [0.2, 0.25) is 0 Å². The first-order valence-electron chi connectivity index (χ1n) is 4.71. The SMILES string of the molecule is C=Cc1nc(C(=O)O)cc(N(C)C)c1C=C. The second-order valence-corrected chi connectivity index (χ2v) is 3.43. The van der Waals surface area contributed by atoms with Gasteiger partial charge in [-0.25, -0.2) is 9.78 Å². The molecule has 0 spiro atoms. The minimum atomic E-state index is -1.05. The van der Waals surface area contributed by atoms with Gasteiger partial charge in [-0.05, 0) is 12.1 Å². The van der Waals surface area contributed by atoms with E-state index in [2.05, 4.69) is 18.1 Å². The van der Waals surface area contributed by atoms with E-state index >= 15 is 0 Å². The summed E-state index contributed by atoms with van der Waals surface area (Å²) in [6.07, 6.45) is 3.17. The molecule has 1 aromatic rings. The number of carboxylic acid groups (broad SMARTS) is 1. The van der Waals surface area contributed by atoms with Crippen LogP contribution in [0.4, 0.5) is 5.69 Å². The van der Waals surface area contributed by atoms with E-state index < -0.39 is 5.97 Å². The molecule has 84 valence electrons. The fourth-order valence-corrected chi connectivity index (χ4v) is 1.41. The van der Waals surface area contributed by atoms with Crippen molar-refractivity contribution in [3.63, 3.8) is 0 Å². The molecule has 0 aliphatic carbocycles. The van der Waals surface area contributed by atoms with Crippen LogP contribution in [0.5, 0.6) is 0 Å². The van der Waals surface area contributed by atoms with E-state index in [1.807, 2.05) is 19.0 Å². The van der Waals surface area contributed by atoms with Gasteiger partial charge in [0.15, 0.2) is 5.69 Å². The van der Waals surface area contributed by atoms with E-state index in [1.54, 1.807) is 6.08 Å². The molecule has 1 N–H and O–H groups in total. The van der Waals surface area contributed by atoms with Crippen molar-refractivity contribution in [2.45, 2.75) is 0 Å². The number of carboxylic acids is 1. The second-order valence-electron chi connectivity index (χ2n) is 3.43. The number of aromatic nitrogens is 1. The molecule has 1 heterocycles. The van der Waals surface area contributed by atoms with Crippen molar-refractivity contribution in [3.8, 4) is 0 Å². The van der Waals surface area contributed by atoms with Crippen molar-refractivity contribution < 1.29 is 9.90 Å². The van der Waals surface area contributed by atoms with Gasteiger partial charge in [-0.2, -0.15) is 0 Å². The Hall–Kier alpha value is -2.10. The van der Waals surface area contributed by atoms with E-state index in [1.165, 1.54) is 12.1 Å². The van der Waals surface area contributed by atoms with Crippen molar-refractivity contribution in [1.82, 2.24) is 4.98 Å². The molecule has 0 saturated heterocycles. The Morgan fingerprint density at radius 3 is 2.44 bits per heavy atom. The Balaban J connectivity index is 3.55. The summed E-state index contributed by atoms with van der Waals surface area (Å²) >= 11 is 0. The first-order valence-corrected chi connectivity index (χ1v) is 4.71. The van der Waals surface area contributed by atoms with E-state index in [0.29, 0.717) is 5.69 Å². The van der Waals surface area contributed by atoms with E-state index in [9.17, 15) is 4.79 Å². The lowest BCUT2D eigenvalue weighted by Gasteiger charge is -2.17. The number of hydrogen-bond donors (Lipinski definition) is 1. The molecule has 0 bridgehead atoms. The Labute approximate surface area is 94.5 Å². The molecule has 0 atom stereocenters. The highest BCUT2D eigenvalue weighted by Gasteiger charge is 2.13. The third-order valence-electron chi connectivity index (χ3n) is 2.16. The maximum atomic E-state index is 10.9. The smallest absolute Gasteiger partial charge is 0.354 e. The zero-order chi connectivity index (χ0) is 12.3. The zero-order valence-electron chi connectivity index (χ0n) is 9.40. The van der Waals surface area contributed by atoms with Crippen LogP contribution in [-0.2, 0) is 0 Å². The Morgan fingerprint density at radius 2 is 2.06 bits per heavy atom. The van der Waals surface area contributed by atoms with E-state index in [0.717, 1.165) is 11.3 Å². The highest BCUT2D eigenvalue weighted by atomic mass is 16.4. The van der Waals surface area contributed by atoms with E-state index in [4.69, 9.17) is 5.11 Å². The van der Waals surface area contributed by atoms with Crippen LogP contribution in [0, 0.1) is 0 Å². The van der Waals surface area contributed by atoms with Crippen LogP contribution >= 0.6 is 0 Å². The van der Waals surface area contributed by atoms with Gasteiger partial charge in [-0.15, -0.1) is 0 Å². The van der Waals surface area contributed by atoms with Gasteiger partial charge in [0, 0.05) is 25.3 Å². The molecule has 0 aliphatic rings. The molecule has 1 aromatic heterocycles. The quantitative estimate of drug-likeness (QED) is 0.841. The molecular formula is C12H14N2O2. The molecule has 0 amide bonds. The van der Waals surface area contributed by atoms with Crippen LogP contribution in [0.25, 0.3) is 12.2 Å². The van der Waals surface area contributed by atoms with Gasteiger partial charge in [0.05, 0.1) is 5.69 Å². The summed E-state index contributed by atoms with van der Waals surface area (Å²) in [5.41, 5.74) is 2.07. The molecule has 0 radical (unpaired) electrons.